The van der Waals surface area contributed by atoms with Gasteiger partial charge in [0.15, 0.2) is 0 Å². The van der Waals surface area contributed by atoms with E-state index in [0.717, 1.165) is 12.0 Å². The number of hydrogen-bond donors (Lipinski definition) is 0. The largest absolute Gasteiger partial charge is 0.458 e. The highest BCUT2D eigenvalue weighted by Gasteiger charge is 2.61. The summed E-state index contributed by atoms with van der Waals surface area (Å²) in [6, 6.07) is 10.2. The molecule has 0 bridgehead atoms. The molecular formula is C22H36B2O5. The predicted octanol–water partition coefficient (Wildman–Crippen LogP) is 4.69. The molecule has 5 nitrogen and oxygen atoms in total. The van der Waals surface area contributed by atoms with E-state index in [1.165, 1.54) is 0 Å². The van der Waals surface area contributed by atoms with Gasteiger partial charge in [-0.05, 0) is 67.4 Å². The smallest absolute Gasteiger partial charge is 0.403 e. The van der Waals surface area contributed by atoms with E-state index in [1.54, 1.807) is 0 Å². The number of hydrogen-bond acceptors (Lipinski definition) is 5. The topological polar surface area (TPSA) is 46.2 Å². The lowest BCUT2D eigenvalue weighted by molar-refractivity contribution is 0.00578. The molecule has 2 saturated heterocycles. The minimum Gasteiger partial charge on any atom is -0.403 e. The predicted molar refractivity (Wildman–Crippen MR) is 117 cm³/mol. The Kier molecular flexibility index (Phi) is 6.30. The third-order valence-corrected chi connectivity index (χ3v) is 6.95. The fourth-order valence-electron chi connectivity index (χ4n) is 3.51. The first-order valence-corrected chi connectivity index (χ1v) is 10.7. The quantitative estimate of drug-likeness (QED) is 0.490. The molecule has 1 aromatic carbocycles. The van der Waals surface area contributed by atoms with Crippen molar-refractivity contribution in [3.05, 3.63) is 35.9 Å². The van der Waals surface area contributed by atoms with Crippen molar-refractivity contribution in [2.75, 3.05) is 6.61 Å². The zero-order chi connectivity index (χ0) is 21.5. The van der Waals surface area contributed by atoms with Crippen molar-refractivity contribution in [1.82, 2.24) is 0 Å². The van der Waals surface area contributed by atoms with Gasteiger partial charge in [0.1, 0.15) is 0 Å². The zero-order valence-corrected chi connectivity index (χ0v) is 19.3. The van der Waals surface area contributed by atoms with Crippen molar-refractivity contribution in [3.8, 4) is 0 Å². The Morgan fingerprint density at radius 1 is 0.724 bits per heavy atom. The number of rotatable bonds is 7. The first kappa shape index (κ1) is 22.8. The summed E-state index contributed by atoms with van der Waals surface area (Å²) < 4.78 is 31.4. The maximum Gasteiger partial charge on any atom is 0.458 e. The van der Waals surface area contributed by atoms with Crippen molar-refractivity contribution in [2.24, 2.45) is 0 Å². The summed E-state index contributed by atoms with van der Waals surface area (Å²) in [5.41, 5.74) is -0.521. The van der Waals surface area contributed by atoms with Gasteiger partial charge in [-0.1, -0.05) is 30.3 Å². The summed E-state index contributed by atoms with van der Waals surface area (Å²) >= 11 is 0. The minimum absolute atomic E-state index is 0.0899. The summed E-state index contributed by atoms with van der Waals surface area (Å²) in [7, 11) is -0.815. The van der Waals surface area contributed by atoms with Gasteiger partial charge >= 0.3 is 14.2 Å². The van der Waals surface area contributed by atoms with E-state index in [2.05, 4.69) is 67.5 Å². The van der Waals surface area contributed by atoms with Crippen LogP contribution >= 0.6 is 0 Å². The molecule has 0 saturated carbocycles. The Hall–Kier alpha value is -0.850. The fraction of sp³-hybridized carbons (Fsp3) is 0.727. The minimum atomic E-state index is -0.407. The molecule has 0 spiro atoms. The molecule has 2 aliphatic heterocycles. The van der Waals surface area contributed by atoms with Crippen LogP contribution in [0.5, 0.6) is 0 Å². The van der Waals surface area contributed by atoms with Crippen LogP contribution < -0.4 is 0 Å². The van der Waals surface area contributed by atoms with Crippen LogP contribution in [0, 0.1) is 0 Å². The lowest BCUT2D eigenvalue weighted by atomic mass is 9.50. The highest BCUT2D eigenvalue weighted by atomic mass is 16.7. The summed E-state index contributed by atoms with van der Waals surface area (Å²) in [4.78, 5) is 0. The average molecular weight is 402 g/mol. The SMILES string of the molecule is CC1(C)OB(C(CCOCc2ccccc2)B2OC(C)(C)C(C)(C)O2)OC1(C)C. The monoisotopic (exact) mass is 402 g/mol. The third kappa shape index (κ3) is 4.75. The maximum absolute atomic E-state index is 6.35. The Bertz CT molecular complexity index is 622. The van der Waals surface area contributed by atoms with Crippen LogP contribution in [-0.2, 0) is 30.0 Å². The van der Waals surface area contributed by atoms with Gasteiger partial charge in [0.2, 0.25) is 0 Å². The fourth-order valence-corrected chi connectivity index (χ4v) is 3.51. The molecule has 0 amide bonds. The summed E-state index contributed by atoms with van der Waals surface area (Å²) in [5.74, 6) is 0. The summed E-state index contributed by atoms with van der Waals surface area (Å²) in [5, 5.41) is 0. The molecule has 2 fully saturated rings. The second-order valence-corrected chi connectivity index (χ2v) is 10.2. The molecule has 0 unspecified atom stereocenters. The van der Waals surface area contributed by atoms with Crippen LogP contribution in [0.25, 0.3) is 0 Å². The van der Waals surface area contributed by atoms with Gasteiger partial charge in [0.05, 0.1) is 29.0 Å². The van der Waals surface area contributed by atoms with Gasteiger partial charge < -0.3 is 23.4 Å². The molecule has 160 valence electrons. The lowest BCUT2D eigenvalue weighted by Crippen LogP contribution is -2.41. The standard InChI is InChI=1S/C22H36B2O5/c1-19(2)20(3,4)27-23(26-19)18(24-28-21(5,6)22(7,8)29-24)14-15-25-16-17-12-10-9-11-13-17/h9-13,18H,14-16H2,1-8H3. The zero-order valence-electron chi connectivity index (χ0n) is 19.3. The van der Waals surface area contributed by atoms with Crippen LogP contribution in [0.15, 0.2) is 30.3 Å². The van der Waals surface area contributed by atoms with Crippen LogP contribution in [-0.4, -0.2) is 43.2 Å². The number of ether oxygens (including phenoxy) is 1. The van der Waals surface area contributed by atoms with E-state index in [4.69, 9.17) is 23.4 Å². The van der Waals surface area contributed by atoms with Gasteiger partial charge in [0.25, 0.3) is 0 Å². The Morgan fingerprint density at radius 3 is 1.55 bits per heavy atom. The molecule has 2 aliphatic rings. The van der Waals surface area contributed by atoms with Gasteiger partial charge in [-0.3, -0.25) is 0 Å². The molecule has 0 aromatic heterocycles. The van der Waals surface area contributed by atoms with Gasteiger partial charge in [-0.15, -0.1) is 0 Å². The van der Waals surface area contributed by atoms with Crippen LogP contribution in [0.2, 0.25) is 5.72 Å². The van der Waals surface area contributed by atoms with Crippen molar-refractivity contribution < 1.29 is 23.4 Å². The highest BCUT2D eigenvalue weighted by Crippen LogP contribution is 2.46. The van der Waals surface area contributed by atoms with E-state index < -0.39 is 36.6 Å². The Labute approximate surface area is 177 Å². The number of benzene rings is 1. The van der Waals surface area contributed by atoms with Gasteiger partial charge in [-0.2, -0.15) is 0 Å². The lowest BCUT2D eigenvalue weighted by Gasteiger charge is -2.32. The van der Waals surface area contributed by atoms with Gasteiger partial charge in [0, 0.05) is 12.3 Å². The molecular weight excluding hydrogens is 366 g/mol. The normalized spacial score (nSPS) is 24.4. The van der Waals surface area contributed by atoms with Crippen LogP contribution in [0.4, 0.5) is 0 Å². The molecule has 29 heavy (non-hydrogen) atoms. The molecule has 0 atom stereocenters. The van der Waals surface area contributed by atoms with E-state index in [1.807, 2.05) is 18.2 Å². The second-order valence-electron chi connectivity index (χ2n) is 10.2. The van der Waals surface area contributed by atoms with Crippen LogP contribution in [0.3, 0.4) is 0 Å². The Balaban J connectivity index is 1.69. The highest BCUT2D eigenvalue weighted by molar-refractivity contribution is 6.68. The first-order valence-electron chi connectivity index (χ1n) is 10.7. The maximum atomic E-state index is 6.35. The molecule has 0 N–H and O–H groups in total. The molecule has 1 aromatic rings. The summed E-state index contributed by atoms with van der Waals surface area (Å²) in [6.45, 7) is 17.7. The van der Waals surface area contributed by atoms with Crippen molar-refractivity contribution in [3.63, 3.8) is 0 Å². The van der Waals surface area contributed by atoms with Crippen molar-refractivity contribution in [2.45, 2.75) is 96.5 Å². The summed E-state index contributed by atoms with van der Waals surface area (Å²) in [6.07, 6.45) is 0.723. The van der Waals surface area contributed by atoms with Crippen molar-refractivity contribution in [1.29, 1.82) is 0 Å². The molecule has 3 rings (SSSR count). The van der Waals surface area contributed by atoms with E-state index in [-0.39, 0.29) is 5.72 Å². The van der Waals surface area contributed by atoms with Crippen molar-refractivity contribution >= 4 is 14.2 Å². The van der Waals surface area contributed by atoms with E-state index in [0.29, 0.717) is 13.2 Å². The molecule has 0 aliphatic carbocycles. The Morgan fingerprint density at radius 2 is 1.14 bits per heavy atom. The van der Waals surface area contributed by atoms with Crippen LogP contribution in [0.1, 0.15) is 67.4 Å². The first-order chi connectivity index (χ1) is 13.3. The van der Waals surface area contributed by atoms with E-state index >= 15 is 0 Å². The third-order valence-electron chi connectivity index (χ3n) is 6.95. The average Bonchev–Trinajstić information content (AvgIpc) is 2.95. The molecule has 0 radical (unpaired) electrons. The second kappa shape index (κ2) is 8.01. The molecule has 7 heteroatoms. The van der Waals surface area contributed by atoms with Gasteiger partial charge in [-0.25, -0.2) is 0 Å². The molecule has 2 heterocycles. The van der Waals surface area contributed by atoms with E-state index in [9.17, 15) is 0 Å².